The lowest BCUT2D eigenvalue weighted by Crippen LogP contribution is -2.60. The van der Waals surface area contributed by atoms with Gasteiger partial charge < -0.3 is 0 Å². The monoisotopic (exact) mass is 240 g/mol. The molecule has 0 N–H and O–H groups in total. The molecule has 1 atom stereocenters. The van der Waals surface area contributed by atoms with Crippen molar-refractivity contribution in [2.24, 2.45) is 5.92 Å². The lowest BCUT2D eigenvalue weighted by atomic mass is 9.83. The van der Waals surface area contributed by atoms with Gasteiger partial charge >= 0.3 is 0 Å². The van der Waals surface area contributed by atoms with Crippen molar-refractivity contribution in [1.82, 2.24) is 9.80 Å². The maximum absolute atomic E-state index is 2.71. The summed E-state index contributed by atoms with van der Waals surface area (Å²) in [6.45, 7) is 21.3. The van der Waals surface area contributed by atoms with Crippen LogP contribution in [0, 0.1) is 5.92 Å². The molecule has 1 unspecified atom stereocenters. The standard InChI is InChI=1S/C15H32N2/c1-8-15(7,13(2)3)17-11-9-16(10-12-17)14(4,5)6/h13H,8-12H2,1-7H3. The zero-order valence-corrected chi connectivity index (χ0v) is 13.0. The second-order valence-corrected chi connectivity index (χ2v) is 7.01. The summed E-state index contributed by atoms with van der Waals surface area (Å²) >= 11 is 0. The Labute approximate surface area is 108 Å². The second-order valence-electron chi connectivity index (χ2n) is 7.01. The number of hydrogen-bond acceptors (Lipinski definition) is 2. The van der Waals surface area contributed by atoms with Gasteiger partial charge in [-0.1, -0.05) is 20.8 Å². The Morgan fingerprint density at radius 2 is 1.29 bits per heavy atom. The number of hydrogen-bond donors (Lipinski definition) is 0. The van der Waals surface area contributed by atoms with Crippen LogP contribution >= 0.6 is 0 Å². The lowest BCUT2D eigenvalue weighted by Gasteiger charge is -2.50. The van der Waals surface area contributed by atoms with Crippen LogP contribution in [0.25, 0.3) is 0 Å². The minimum absolute atomic E-state index is 0.326. The fraction of sp³-hybridized carbons (Fsp3) is 1.00. The fourth-order valence-electron chi connectivity index (χ4n) is 2.89. The largest absolute Gasteiger partial charge is 0.296 e. The van der Waals surface area contributed by atoms with E-state index < -0.39 is 0 Å². The molecule has 102 valence electrons. The lowest BCUT2D eigenvalue weighted by molar-refractivity contribution is -0.0137. The van der Waals surface area contributed by atoms with Crippen LogP contribution in [0.3, 0.4) is 0 Å². The Morgan fingerprint density at radius 3 is 1.59 bits per heavy atom. The van der Waals surface area contributed by atoms with Gasteiger partial charge in [-0.05, 0) is 40.0 Å². The first kappa shape index (κ1) is 15.0. The molecule has 2 heteroatoms. The van der Waals surface area contributed by atoms with E-state index in [1.54, 1.807) is 0 Å². The molecular formula is C15H32N2. The molecule has 1 saturated heterocycles. The van der Waals surface area contributed by atoms with Gasteiger partial charge in [0.2, 0.25) is 0 Å². The second kappa shape index (κ2) is 5.27. The van der Waals surface area contributed by atoms with Gasteiger partial charge in [0.1, 0.15) is 0 Å². The molecule has 1 aliphatic heterocycles. The smallest absolute Gasteiger partial charge is 0.0202 e. The third kappa shape index (κ3) is 3.23. The van der Waals surface area contributed by atoms with Crippen molar-refractivity contribution in [1.29, 1.82) is 0 Å². The normalized spacial score (nSPS) is 24.0. The van der Waals surface area contributed by atoms with Crippen LogP contribution < -0.4 is 0 Å². The summed E-state index contributed by atoms with van der Waals surface area (Å²) in [6, 6.07) is 0. The van der Waals surface area contributed by atoms with Crippen molar-refractivity contribution in [2.45, 2.75) is 66.0 Å². The summed E-state index contributed by atoms with van der Waals surface area (Å²) in [7, 11) is 0. The molecule has 0 aliphatic carbocycles. The molecule has 0 aromatic rings. The summed E-state index contributed by atoms with van der Waals surface area (Å²) in [5, 5.41) is 0. The van der Waals surface area contributed by atoms with Gasteiger partial charge in [0, 0.05) is 37.3 Å². The van der Waals surface area contributed by atoms with E-state index in [1.165, 1.54) is 32.6 Å². The van der Waals surface area contributed by atoms with E-state index in [9.17, 15) is 0 Å². The van der Waals surface area contributed by atoms with Gasteiger partial charge in [-0.2, -0.15) is 0 Å². The summed E-state index contributed by atoms with van der Waals surface area (Å²) in [5.41, 5.74) is 0.705. The topological polar surface area (TPSA) is 6.48 Å². The van der Waals surface area contributed by atoms with Crippen molar-refractivity contribution in [3.05, 3.63) is 0 Å². The molecule has 1 aliphatic rings. The molecule has 1 heterocycles. The van der Waals surface area contributed by atoms with Crippen LogP contribution in [0.2, 0.25) is 0 Å². The van der Waals surface area contributed by atoms with Crippen LogP contribution in [0.1, 0.15) is 54.9 Å². The van der Waals surface area contributed by atoms with E-state index in [0.29, 0.717) is 11.1 Å². The summed E-state index contributed by atoms with van der Waals surface area (Å²) in [5.74, 6) is 0.730. The van der Waals surface area contributed by atoms with Crippen LogP contribution in [-0.2, 0) is 0 Å². The van der Waals surface area contributed by atoms with Gasteiger partial charge in [-0.25, -0.2) is 0 Å². The van der Waals surface area contributed by atoms with Crippen LogP contribution in [-0.4, -0.2) is 47.1 Å². The Bertz CT molecular complexity index is 234. The van der Waals surface area contributed by atoms with Gasteiger partial charge in [0.05, 0.1) is 0 Å². The third-order valence-electron chi connectivity index (χ3n) is 4.91. The van der Waals surface area contributed by atoms with Crippen molar-refractivity contribution in [3.8, 4) is 0 Å². The fourth-order valence-corrected chi connectivity index (χ4v) is 2.89. The van der Waals surface area contributed by atoms with E-state index in [0.717, 1.165) is 5.92 Å². The average Bonchev–Trinajstić information content (AvgIpc) is 2.26. The number of rotatable bonds is 3. The van der Waals surface area contributed by atoms with Crippen molar-refractivity contribution >= 4 is 0 Å². The van der Waals surface area contributed by atoms with E-state index in [2.05, 4.69) is 58.3 Å². The average molecular weight is 240 g/mol. The van der Waals surface area contributed by atoms with Gasteiger partial charge in [-0.3, -0.25) is 9.80 Å². The minimum atomic E-state index is 0.326. The van der Waals surface area contributed by atoms with E-state index >= 15 is 0 Å². The number of nitrogens with zero attached hydrogens (tertiary/aromatic N) is 2. The highest BCUT2D eigenvalue weighted by Crippen LogP contribution is 2.30. The van der Waals surface area contributed by atoms with Gasteiger partial charge in [0.25, 0.3) is 0 Å². The van der Waals surface area contributed by atoms with Crippen LogP contribution in [0.15, 0.2) is 0 Å². The third-order valence-corrected chi connectivity index (χ3v) is 4.91. The predicted molar refractivity (Wildman–Crippen MR) is 76.4 cm³/mol. The highest BCUT2D eigenvalue weighted by Gasteiger charge is 2.36. The molecular weight excluding hydrogens is 208 g/mol. The van der Waals surface area contributed by atoms with Crippen molar-refractivity contribution in [2.75, 3.05) is 26.2 Å². The SMILES string of the molecule is CCC(C)(C(C)C)N1CCN(C(C)(C)C)CC1. The first-order valence-corrected chi connectivity index (χ1v) is 7.22. The highest BCUT2D eigenvalue weighted by molar-refractivity contribution is 4.92. The minimum Gasteiger partial charge on any atom is -0.296 e. The van der Waals surface area contributed by atoms with Gasteiger partial charge in [0.15, 0.2) is 0 Å². The molecule has 1 fully saturated rings. The summed E-state index contributed by atoms with van der Waals surface area (Å²) < 4.78 is 0. The molecule has 0 aromatic carbocycles. The Kier molecular flexibility index (Phi) is 4.65. The molecule has 2 nitrogen and oxygen atoms in total. The van der Waals surface area contributed by atoms with E-state index in [-0.39, 0.29) is 0 Å². The predicted octanol–water partition coefficient (Wildman–Crippen LogP) is 3.23. The zero-order valence-electron chi connectivity index (χ0n) is 13.0. The quantitative estimate of drug-likeness (QED) is 0.747. The highest BCUT2D eigenvalue weighted by atomic mass is 15.3. The van der Waals surface area contributed by atoms with Crippen molar-refractivity contribution < 1.29 is 0 Å². The molecule has 0 radical (unpaired) electrons. The van der Waals surface area contributed by atoms with Crippen molar-refractivity contribution in [3.63, 3.8) is 0 Å². The molecule has 0 bridgehead atoms. The Hall–Kier alpha value is -0.0800. The first-order chi connectivity index (χ1) is 7.71. The Balaban J connectivity index is 2.63. The Morgan fingerprint density at radius 1 is 0.882 bits per heavy atom. The molecule has 0 amide bonds. The molecule has 0 saturated carbocycles. The van der Waals surface area contributed by atoms with E-state index in [1.807, 2.05) is 0 Å². The van der Waals surface area contributed by atoms with Gasteiger partial charge in [-0.15, -0.1) is 0 Å². The zero-order chi connectivity index (χ0) is 13.3. The maximum atomic E-state index is 2.71. The molecule has 0 spiro atoms. The first-order valence-electron chi connectivity index (χ1n) is 7.22. The number of piperazine rings is 1. The van der Waals surface area contributed by atoms with Crippen LogP contribution in [0.4, 0.5) is 0 Å². The summed E-state index contributed by atoms with van der Waals surface area (Å²) in [6.07, 6.45) is 1.25. The maximum Gasteiger partial charge on any atom is 0.0202 e. The molecule has 1 rings (SSSR count). The van der Waals surface area contributed by atoms with E-state index in [4.69, 9.17) is 0 Å². The molecule has 17 heavy (non-hydrogen) atoms. The summed E-state index contributed by atoms with van der Waals surface area (Å²) in [4.78, 5) is 5.32. The van der Waals surface area contributed by atoms with Crippen LogP contribution in [0.5, 0.6) is 0 Å². The molecule has 0 aromatic heterocycles.